The first-order chi connectivity index (χ1) is 10.4. The van der Waals surface area contributed by atoms with Crippen molar-refractivity contribution in [2.45, 2.75) is 13.0 Å². The van der Waals surface area contributed by atoms with Crippen molar-refractivity contribution in [2.24, 2.45) is 0 Å². The summed E-state index contributed by atoms with van der Waals surface area (Å²) in [7, 11) is 0. The second kappa shape index (κ2) is 9.02. The lowest BCUT2D eigenvalue weighted by atomic mass is 10.2. The molecule has 0 aliphatic carbocycles. The van der Waals surface area contributed by atoms with E-state index in [9.17, 15) is 0 Å². The van der Waals surface area contributed by atoms with Crippen molar-refractivity contribution < 1.29 is 9.47 Å². The maximum Gasteiger partial charge on any atom is 0.189 e. The molecule has 21 heavy (non-hydrogen) atoms. The van der Waals surface area contributed by atoms with E-state index in [1.807, 2.05) is 36.4 Å². The average molecular weight is 302 g/mol. The van der Waals surface area contributed by atoms with Crippen LogP contribution >= 0.6 is 11.6 Å². The fraction of sp³-hybridized carbons (Fsp3) is 0.235. The van der Waals surface area contributed by atoms with E-state index in [0.29, 0.717) is 24.7 Å². The smallest absolute Gasteiger partial charge is 0.189 e. The Bertz CT molecular complexity index is 605. The molecule has 0 N–H and O–H groups in total. The molecule has 1 heterocycles. The van der Waals surface area contributed by atoms with E-state index in [0.717, 1.165) is 11.1 Å². The van der Waals surface area contributed by atoms with Crippen LogP contribution in [0.25, 0.3) is 0 Å². The molecule has 2 aromatic rings. The molecule has 1 aromatic heterocycles. The number of halogens is 1. The molecule has 0 amide bonds. The molecule has 0 fully saturated rings. The first-order valence-electron chi connectivity index (χ1n) is 6.63. The molecule has 0 bridgehead atoms. The Kier molecular flexibility index (Phi) is 6.60. The van der Waals surface area contributed by atoms with E-state index in [-0.39, 0.29) is 6.79 Å². The molecule has 1 aromatic carbocycles. The van der Waals surface area contributed by atoms with Crippen LogP contribution in [0, 0.1) is 11.8 Å². The van der Waals surface area contributed by atoms with Gasteiger partial charge >= 0.3 is 0 Å². The van der Waals surface area contributed by atoms with Gasteiger partial charge in [0, 0.05) is 24.1 Å². The van der Waals surface area contributed by atoms with Gasteiger partial charge in [-0.3, -0.25) is 4.98 Å². The van der Waals surface area contributed by atoms with Gasteiger partial charge in [-0.2, -0.15) is 0 Å². The van der Waals surface area contributed by atoms with Crippen molar-refractivity contribution in [3.8, 4) is 17.6 Å². The van der Waals surface area contributed by atoms with Crippen molar-refractivity contribution in [3.63, 3.8) is 0 Å². The van der Waals surface area contributed by atoms with Crippen molar-refractivity contribution in [1.29, 1.82) is 0 Å². The molecule has 0 saturated carbocycles. The maximum absolute atomic E-state index is 5.57. The summed E-state index contributed by atoms with van der Waals surface area (Å²) in [6.45, 7) is 0.693. The predicted octanol–water partition coefficient (Wildman–Crippen LogP) is 3.62. The van der Waals surface area contributed by atoms with Gasteiger partial charge in [-0.15, -0.1) is 11.6 Å². The van der Waals surface area contributed by atoms with E-state index in [1.54, 1.807) is 12.4 Å². The van der Waals surface area contributed by atoms with Crippen molar-refractivity contribution >= 4 is 11.6 Å². The van der Waals surface area contributed by atoms with Gasteiger partial charge in [0.15, 0.2) is 6.79 Å². The molecule has 2 rings (SSSR count). The van der Waals surface area contributed by atoms with Crippen LogP contribution < -0.4 is 4.74 Å². The number of hydrogen-bond acceptors (Lipinski definition) is 3. The Labute approximate surface area is 129 Å². The number of alkyl halides is 1. The summed E-state index contributed by atoms with van der Waals surface area (Å²) in [5.41, 5.74) is 1.92. The van der Waals surface area contributed by atoms with Crippen molar-refractivity contribution in [1.82, 2.24) is 4.98 Å². The van der Waals surface area contributed by atoms with E-state index >= 15 is 0 Å². The maximum atomic E-state index is 5.57. The normalized spacial score (nSPS) is 9.76. The van der Waals surface area contributed by atoms with E-state index in [2.05, 4.69) is 16.8 Å². The van der Waals surface area contributed by atoms with Crippen LogP contribution in [-0.2, 0) is 11.3 Å². The van der Waals surface area contributed by atoms with Gasteiger partial charge in [-0.1, -0.05) is 42.2 Å². The molecule has 0 spiro atoms. The zero-order chi connectivity index (χ0) is 14.8. The van der Waals surface area contributed by atoms with E-state index in [1.165, 1.54) is 0 Å². The van der Waals surface area contributed by atoms with E-state index < -0.39 is 0 Å². The first-order valence-corrected chi connectivity index (χ1v) is 7.16. The number of hydrogen-bond donors (Lipinski definition) is 0. The number of nitrogens with zero attached hydrogens (tertiary/aromatic N) is 1. The SMILES string of the molecule is ClCCC#Cc1cncc(OCOCc2ccccc2)c1. The third-order valence-corrected chi connectivity index (χ3v) is 2.77. The zero-order valence-corrected chi connectivity index (χ0v) is 12.3. The number of benzene rings is 1. The number of rotatable bonds is 6. The van der Waals surface area contributed by atoms with Crippen LogP contribution in [0.1, 0.15) is 17.5 Å². The Morgan fingerprint density at radius 3 is 2.81 bits per heavy atom. The minimum Gasteiger partial charge on any atom is -0.466 e. The third kappa shape index (κ3) is 5.86. The molecule has 0 radical (unpaired) electrons. The lowest BCUT2D eigenvalue weighted by Crippen LogP contribution is -2.03. The number of aromatic nitrogens is 1. The minimum atomic E-state index is 0.176. The third-order valence-electron chi connectivity index (χ3n) is 2.59. The lowest BCUT2D eigenvalue weighted by Gasteiger charge is -2.07. The molecule has 108 valence electrons. The summed E-state index contributed by atoms with van der Waals surface area (Å²) in [6, 6.07) is 11.8. The Morgan fingerprint density at radius 2 is 2.00 bits per heavy atom. The molecular formula is C17H16ClNO2. The molecule has 0 atom stereocenters. The van der Waals surface area contributed by atoms with Gasteiger partial charge in [0.05, 0.1) is 12.8 Å². The second-order valence-corrected chi connectivity index (χ2v) is 4.62. The Balaban J connectivity index is 1.78. The van der Waals surface area contributed by atoms with Gasteiger partial charge in [-0.05, 0) is 11.6 Å². The fourth-order valence-electron chi connectivity index (χ4n) is 1.62. The Hall–Kier alpha value is -2.02. The fourth-order valence-corrected chi connectivity index (χ4v) is 1.72. The quantitative estimate of drug-likeness (QED) is 0.353. The largest absolute Gasteiger partial charge is 0.466 e. The van der Waals surface area contributed by atoms with Crippen molar-refractivity contribution in [2.75, 3.05) is 12.7 Å². The topological polar surface area (TPSA) is 31.4 Å². The molecule has 4 heteroatoms. The summed E-state index contributed by atoms with van der Waals surface area (Å²) in [5, 5.41) is 0. The van der Waals surface area contributed by atoms with Gasteiger partial charge in [0.1, 0.15) is 5.75 Å². The lowest BCUT2D eigenvalue weighted by molar-refractivity contribution is 0.00484. The number of ether oxygens (including phenoxy) is 2. The molecule has 3 nitrogen and oxygen atoms in total. The minimum absolute atomic E-state index is 0.176. The molecule has 0 unspecified atom stereocenters. The van der Waals surface area contributed by atoms with Gasteiger partial charge in [0.25, 0.3) is 0 Å². The molecule has 0 saturated heterocycles. The number of pyridine rings is 1. The van der Waals surface area contributed by atoms with Crippen LogP contribution in [-0.4, -0.2) is 17.7 Å². The van der Waals surface area contributed by atoms with E-state index in [4.69, 9.17) is 21.1 Å². The predicted molar refractivity (Wildman–Crippen MR) is 83.2 cm³/mol. The monoisotopic (exact) mass is 301 g/mol. The second-order valence-electron chi connectivity index (χ2n) is 4.25. The summed E-state index contributed by atoms with van der Waals surface area (Å²) >= 11 is 5.57. The summed E-state index contributed by atoms with van der Waals surface area (Å²) in [4.78, 5) is 4.08. The Morgan fingerprint density at radius 1 is 1.14 bits per heavy atom. The van der Waals surface area contributed by atoms with Gasteiger partial charge < -0.3 is 9.47 Å². The summed E-state index contributed by atoms with van der Waals surface area (Å²) < 4.78 is 11.0. The summed E-state index contributed by atoms with van der Waals surface area (Å²) in [6.07, 6.45) is 3.99. The zero-order valence-electron chi connectivity index (χ0n) is 11.6. The van der Waals surface area contributed by atoms with Gasteiger partial charge in [0.2, 0.25) is 0 Å². The van der Waals surface area contributed by atoms with Crippen LogP contribution in [0.15, 0.2) is 48.8 Å². The van der Waals surface area contributed by atoms with Crippen molar-refractivity contribution in [3.05, 3.63) is 59.9 Å². The molecule has 0 aliphatic heterocycles. The standard InChI is InChI=1S/C17H16ClNO2/c18-9-5-4-8-16-10-17(12-19-11-16)21-14-20-13-15-6-2-1-3-7-15/h1-3,6-7,10-12H,5,9,13-14H2. The first kappa shape index (κ1) is 15.4. The average Bonchev–Trinajstić information content (AvgIpc) is 2.53. The highest BCUT2D eigenvalue weighted by Crippen LogP contribution is 2.11. The summed E-state index contributed by atoms with van der Waals surface area (Å²) in [5.74, 6) is 7.11. The van der Waals surface area contributed by atoms with Crippen LogP contribution in [0.5, 0.6) is 5.75 Å². The van der Waals surface area contributed by atoms with Gasteiger partial charge in [-0.25, -0.2) is 0 Å². The highest BCUT2D eigenvalue weighted by molar-refractivity contribution is 6.18. The highest BCUT2D eigenvalue weighted by atomic mass is 35.5. The van der Waals surface area contributed by atoms with Crippen LogP contribution in [0.3, 0.4) is 0 Å². The molecular weight excluding hydrogens is 286 g/mol. The van der Waals surface area contributed by atoms with Crippen LogP contribution in [0.4, 0.5) is 0 Å². The molecule has 0 aliphatic rings. The highest BCUT2D eigenvalue weighted by Gasteiger charge is 1.97. The van der Waals surface area contributed by atoms with Crippen LogP contribution in [0.2, 0.25) is 0 Å².